The Morgan fingerprint density at radius 2 is 2.09 bits per heavy atom. The van der Waals surface area contributed by atoms with Gasteiger partial charge in [0.25, 0.3) is 0 Å². The number of aryl methyl sites for hydroxylation is 1. The minimum absolute atomic E-state index is 0.207. The highest BCUT2D eigenvalue weighted by Crippen LogP contribution is 2.25. The third-order valence-corrected chi connectivity index (χ3v) is 6.32. The summed E-state index contributed by atoms with van der Waals surface area (Å²) in [7, 11) is -1.41. The Balaban J connectivity index is 1.65. The third kappa shape index (κ3) is 3.68. The summed E-state index contributed by atoms with van der Waals surface area (Å²) in [6.07, 6.45) is 5.04. The molecule has 0 bridgehead atoms. The van der Waals surface area contributed by atoms with Crippen molar-refractivity contribution < 1.29 is 17.9 Å². The Hall–Kier alpha value is -0.960. The van der Waals surface area contributed by atoms with Crippen LogP contribution in [0.2, 0.25) is 0 Å². The monoisotopic (exact) mass is 329 g/mol. The van der Waals surface area contributed by atoms with Gasteiger partial charge in [-0.3, -0.25) is 4.68 Å². The number of aromatic nitrogens is 2. The van der Waals surface area contributed by atoms with E-state index in [-0.39, 0.29) is 17.8 Å². The third-order valence-electron chi connectivity index (χ3n) is 4.31. The fourth-order valence-electron chi connectivity index (χ4n) is 3.00. The molecule has 1 aromatic heterocycles. The van der Waals surface area contributed by atoms with Crippen molar-refractivity contribution in [3.05, 3.63) is 18.0 Å². The molecule has 3 heterocycles. The van der Waals surface area contributed by atoms with Gasteiger partial charge in [0.15, 0.2) is 0 Å². The van der Waals surface area contributed by atoms with E-state index in [1.165, 1.54) is 0 Å². The lowest BCUT2D eigenvalue weighted by Crippen LogP contribution is -2.44. The molecule has 2 fully saturated rings. The predicted molar refractivity (Wildman–Crippen MR) is 80.8 cm³/mol. The SMILES string of the molecule is Cn1cc(C2CN(S(=O)(=O)CC3CCOCC3)CCO2)cn1. The van der Waals surface area contributed by atoms with Gasteiger partial charge in [0.2, 0.25) is 10.0 Å². The molecule has 124 valence electrons. The normalized spacial score (nSPS) is 25.4. The van der Waals surface area contributed by atoms with Crippen LogP contribution in [0.4, 0.5) is 0 Å². The van der Waals surface area contributed by atoms with Crippen molar-refractivity contribution in [3.63, 3.8) is 0 Å². The van der Waals surface area contributed by atoms with Crippen LogP contribution in [-0.2, 0) is 26.5 Å². The summed E-state index contributed by atoms with van der Waals surface area (Å²) in [5.41, 5.74) is 0.925. The molecule has 2 aliphatic rings. The molecule has 2 saturated heterocycles. The smallest absolute Gasteiger partial charge is 0.214 e. The Morgan fingerprint density at radius 3 is 2.77 bits per heavy atom. The van der Waals surface area contributed by atoms with Gasteiger partial charge in [-0.05, 0) is 18.8 Å². The molecule has 3 rings (SSSR count). The van der Waals surface area contributed by atoms with Crippen LogP contribution in [-0.4, -0.2) is 61.2 Å². The van der Waals surface area contributed by atoms with Crippen molar-refractivity contribution in [1.82, 2.24) is 14.1 Å². The number of ether oxygens (including phenoxy) is 2. The zero-order valence-electron chi connectivity index (χ0n) is 12.8. The summed E-state index contributed by atoms with van der Waals surface area (Å²) in [6.45, 7) is 2.56. The average Bonchev–Trinajstić information content (AvgIpc) is 2.95. The maximum atomic E-state index is 12.6. The highest BCUT2D eigenvalue weighted by atomic mass is 32.2. The van der Waals surface area contributed by atoms with Gasteiger partial charge >= 0.3 is 0 Å². The first-order valence-corrected chi connectivity index (χ1v) is 9.31. The standard InChI is InChI=1S/C14H23N3O4S/c1-16-9-13(8-15-16)14-10-17(4-7-21-14)22(18,19)11-12-2-5-20-6-3-12/h8-9,12,14H,2-7,10-11H2,1H3. The van der Waals surface area contributed by atoms with Gasteiger partial charge in [0, 0.05) is 45.1 Å². The molecule has 0 aliphatic carbocycles. The predicted octanol–water partition coefficient (Wildman–Crippen LogP) is 0.550. The van der Waals surface area contributed by atoms with E-state index in [9.17, 15) is 8.42 Å². The number of sulfonamides is 1. The maximum absolute atomic E-state index is 12.6. The molecule has 0 amide bonds. The molecule has 1 aromatic rings. The average molecular weight is 329 g/mol. The van der Waals surface area contributed by atoms with E-state index in [4.69, 9.17) is 9.47 Å². The number of morpholine rings is 1. The van der Waals surface area contributed by atoms with Gasteiger partial charge < -0.3 is 9.47 Å². The first-order chi connectivity index (χ1) is 10.5. The number of nitrogens with zero attached hydrogens (tertiary/aromatic N) is 3. The minimum Gasteiger partial charge on any atom is -0.381 e. The number of hydrogen-bond acceptors (Lipinski definition) is 5. The van der Waals surface area contributed by atoms with E-state index in [0.717, 1.165) is 18.4 Å². The van der Waals surface area contributed by atoms with E-state index >= 15 is 0 Å². The zero-order valence-corrected chi connectivity index (χ0v) is 13.7. The minimum atomic E-state index is -3.25. The van der Waals surface area contributed by atoms with E-state index in [1.54, 1.807) is 15.2 Å². The first-order valence-electron chi connectivity index (χ1n) is 7.70. The van der Waals surface area contributed by atoms with Crippen LogP contribution in [0.15, 0.2) is 12.4 Å². The van der Waals surface area contributed by atoms with Crippen LogP contribution in [0, 0.1) is 5.92 Å². The van der Waals surface area contributed by atoms with Crippen LogP contribution in [0.25, 0.3) is 0 Å². The molecule has 22 heavy (non-hydrogen) atoms. The van der Waals surface area contributed by atoms with Crippen molar-refractivity contribution in [2.75, 3.05) is 38.7 Å². The first kappa shape index (κ1) is 15.9. The van der Waals surface area contributed by atoms with Crippen LogP contribution < -0.4 is 0 Å². The molecular formula is C14H23N3O4S. The fourth-order valence-corrected chi connectivity index (χ4v) is 4.86. The second kappa shape index (κ2) is 6.66. The molecule has 0 radical (unpaired) electrons. The topological polar surface area (TPSA) is 73.7 Å². The van der Waals surface area contributed by atoms with Crippen molar-refractivity contribution in [2.45, 2.75) is 18.9 Å². The van der Waals surface area contributed by atoms with Crippen LogP contribution >= 0.6 is 0 Å². The van der Waals surface area contributed by atoms with Gasteiger partial charge in [-0.25, -0.2) is 8.42 Å². The van der Waals surface area contributed by atoms with E-state index < -0.39 is 10.0 Å². The quantitative estimate of drug-likeness (QED) is 0.806. The Morgan fingerprint density at radius 1 is 1.32 bits per heavy atom. The molecular weight excluding hydrogens is 306 g/mol. The second-order valence-corrected chi connectivity index (χ2v) is 8.01. The fraction of sp³-hybridized carbons (Fsp3) is 0.786. The molecule has 0 spiro atoms. The molecule has 2 aliphatic heterocycles. The lowest BCUT2D eigenvalue weighted by Gasteiger charge is -2.33. The summed E-state index contributed by atoms with van der Waals surface area (Å²) in [4.78, 5) is 0. The van der Waals surface area contributed by atoms with Crippen molar-refractivity contribution in [1.29, 1.82) is 0 Å². The summed E-state index contributed by atoms with van der Waals surface area (Å²) >= 11 is 0. The van der Waals surface area contributed by atoms with Crippen molar-refractivity contribution in [3.8, 4) is 0 Å². The summed E-state index contributed by atoms with van der Waals surface area (Å²) in [5.74, 6) is 0.425. The Bertz CT molecular complexity index is 595. The van der Waals surface area contributed by atoms with E-state index in [2.05, 4.69) is 5.10 Å². The molecule has 8 heteroatoms. The van der Waals surface area contributed by atoms with Crippen LogP contribution in [0.1, 0.15) is 24.5 Å². The lowest BCUT2D eigenvalue weighted by molar-refractivity contribution is -0.00291. The van der Waals surface area contributed by atoms with Crippen LogP contribution in [0.3, 0.4) is 0 Å². The summed E-state index contributed by atoms with van der Waals surface area (Å²) < 4.78 is 39.6. The van der Waals surface area contributed by atoms with Gasteiger partial charge in [0.05, 0.1) is 24.7 Å². The highest BCUT2D eigenvalue weighted by molar-refractivity contribution is 7.89. The van der Waals surface area contributed by atoms with Gasteiger partial charge in [-0.15, -0.1) is 0 Å². The van der Waals surface area contributed by atoms with Crippen LogP contribution in [0.5, 0.6) is 0 Å². The van der Waals surface area contributed by atoms with E-state index in [0.29, 0.717) is 32.9 Å². The van der Waals surface area contributed by atoms with Gasteiger partial charge in [-0.2, -0.15) is 9.40 Å². The van der Waals surface area contributed by atoms with Crippen molar-refractivity contribution >= 4 is 10.0 Å². The van der Waals surface area contributed by atoms with Gasteiger partial charge in [-0.1, -0.05) is 0 Å². The van der Waals surface area contributed by atoms with Gasteiger partial charge in [0.1, 0.15) is 0 Å². The zero-order chi connectivity index (χ0) is 15.6. The highest BCUT2D eigenvalue weighted by Gasteiger charge is 2.32. The number of rotatable bonds is 4. The second-order valence-electron chi connectivity index (χ2n) is 6.00. The summed E-state index contributed by atoms with van der Waals surface area (Å²) in [6, 6.07) is 0. The Kier molecular flexibility index (Phi) is 4.82. The molecule has 1 unspecified atom stereocenters. The number of hydrogen-bond donors (Lipinski definition) is 0. The Labute approximate surface area is 131 Å². The van der Waals surface area contributed by atoms with Crippen molar-refractivity contribution in [2.24, 2.45) is 13.0 Å². The molecule has 7 nitrogen and oxygen atoms in total. The molecule has 1 atom stereocenters. The lowest BCUT2D eigenvalue weighted by atomic mass is 10.0. The molecule has 0 saturated carbocycles. The molecule has 0 aromatic carbocycles. The molecule has 0 N–H and O–H groups in total. The maximum Gasteiger partial charge on any atom is 0.214 e. The largest absolute Gasteiger partial charge is 0.381 e. The summed E-state index contributed by atoms with van der Waals surface area (Å²) in [5, 5.41) is 4.13. The van der Waals surface area contributed by atoms with E-state index in [1.807, 2.05) is 13.2 Å².